The van der Waals surface area contributed by atoms with Crippen LogP contribution in [0.5, 0.6) is 0 Å². The number of carbonyl (C=O) groups excluding carboxylic acids is 1. The van der Waals surface area contributed by atoms with Crippen LogP contribution >= 0.6 is 11.3 Å². The molecule has 1 atom stereocenters. The number of piperidine rings is 1. The monoisotopic (exact) mass is 466 g/mol. The van der Waals surface area contributed by atoms with Crippen molar-refractivity contribution in [3.63, 3.8) is 0 Å². The summed E-state index contributed by atoms with van der Waals surface area (Å²) in [4.78, 5) is 27.9. The molecule has 33 heavy (non-hydrogen) atoms. The highest BCUT2D eigenvalue weighted by Crippen LogP contribution is 2.27. The van der Waals surface area contributed by atoms with Crippen molar-refractivity contribution in [1.29, 1.82) is 0 Å². The molecule has 8 nitrogen and oxygen atoms in total. The van der Waals surface area contributed by atoms with Gasteiger partial charge in [-0.05, 0) is 50.1 Å². The topological polar surface area (TPSA) is 76.4 Å². The number of carbonyl (C=O) groups is 1. The molecular weight excluding hydrogens is 436 g/mol. The van der Waals surface area contributed by atoms with Gasteiger partial charge >= 0.3 is 0 Å². The van der Waals surface area contributed by atoms with Gasteiger partial charge in [0.15, 0.2) is 0 Å². The van der Waals surface area contributed by atoms with Crippen molar-refractivity contribution in [3.05, 3.63) is 47.2 Å². The van der Waals surface area contributed by atoms with Crippen LogP contribution in [0.4, 0.5) is 0 Å². The molecule has 3 aromatic heterocycles. The highest BCUT2D eigenvalue weighted by Gasteiger charge is 2.31. The lowest BCUT2D eigenvalue weighted by atomic mass is 9.89. The number of hydrogen-bond donors (Lipinski definition) is 0. The lowest BCUT2D eigenvalue weighted by Crippen LogP contribution is -2.49. The Morgan fingerprint density at radius 3 is 2.70 bits per heavy atom. The van der Waals surface area contributed by atoms with Crippen molar-refractivity contribution in [2.75, 3.05) is 39.4 Å². The summed E-state index contributed by atoms with van der Waals surface area (Å²) in [7, 11) is 0. The maximum Gasteiger partial charge on any atom is 0.257 e. The predicted molar refractivity (Wildman–Crippen MR) is 128 cm³/mol. The molecule has 0 bridgehead atoms. The van der Waals surface area contributed by atoms with E-state index in [0.717, 1.165) is 68.5 Å². The molecule has 2 aliphatic heterocycles. The number of aromatic nitrogens is 4. The van der Waals surface area contributed by atoms with Crippen molar-refractivity contribution in [2.45, 2.75) is 32.7 Å². The van der Waals surface area contributed by atoms with E-state index in [1.54, 1.807) is 28.4 Å². The van der Waals surface area contributed by atoms with Gasteiger partial charge in [-0.2, -0.15) is 5.10 Å². The number of likely N-dealkylation sites (tertiary alicyclic amines) is 1. The molecule has 174 valence electrons. The molecule has 0 N–H and O–H groups in total. The average Bonchev–Trinajstić information content (AvgIpc) is 3.54. The van der Waals surface area contributed by atoms with E-state index in [4.69, 9.17) is 4.74 Å². The van der Waals surface area contributed by atoms with E-state index in [9.17, 15) is 4.79 Å². The van der Waals surface area contributed by atoms with Gasteiger partial charge in [-0.25, -0.2) is 14.6 Å². The van der Waals surface area contributed by atoms with Gasteiger partial charge in [0.05, 0.1) is 41.2 Å². The summed E-state index contributed by atoms with van der Waals surface area (Å²) >= 11 is 1.63. The Hall–Kier alpha value is -2.62. The summed E-state index contributed by atoms with van der Waals surface area (Å²) < 4.78 is 7.16. The van der Waals surface area contributed by atoms with Gasteiger partial charge in [0.1, 0.15) is 0 Å². The fourth-order valence-corrected chi connectivity index (χ4v) is 5.57. The van der Waals surface area contributed by atoms with Gasteiger partial charge in [0, 0.05) is 38.4 Å². The smallest absolute Gasteiger partial charge is 0.257 e. The first-order chi connectivity index (χ1) is 16.1. The van der Waals surface area contributed by atoms with Gasteiger partial charge < -0.3 is 9.64 Å². The van der Waals surface area contributed by atoms with E-state index < -0.39 is 0 Å². The summed E-state index contributed by atoms with van der Waals surface area (Å²) in [5, 5.41) is 6.48. The van der Waals surface area contributed by atoms with Crippen LogP contribution in [-0.4, -0.2) is 80.9 Å². The molecule has 0 unspecified atom stereocenters. The first-order valence-electron chi connectivity index (χ1n) is 11.6. The van der Waals surface area contributed by atoms with Crippen LogP contribution < -0.4 is 0 Å². The van der Waals surface area contributed by atoms with Crippen molar-refractivity contribution in [1.82, 2.24) is 29.5 Å². The number of ether oxygens (including phenoxy) is 1. The van der Waals surface area contributed by atoms with Gasteiger partial charge in [-0.15, -0.1) is 11.3 Å². The lowest BCUT2D eigenvalue weighted by Gasteiger charge is -2.41. The van der Waals surface area contributed by atoms with Crippen LogP contribution in [0.1, 0.15) is 35.8 Å². The Balaban J connectivity index is 1.26. The quantitative estimate of drug-likeness (QED) is 0.574. The fourth-order valence-electron chi connectivity index (χ4n) is 4.87. The third-order valence-electron chi connectivity index (χ3n) is 6.98. The Kier molecular flexibility index (Phi) is 6.52. The fraction of sp³-hybridized carbons (Fsp3) is 0.500. The van der Waals surface area contributed by atoms with Gasteiger partial charge in [0.2, 0.25) is 0 Å². The second kappa shape index (κ2) is 9.70. The summed E-state index contributed by atoms with van der Waals surface area (Å²) in [6, 6.07) is 6.46. The number of hydrogen-bond acceptors (Lipinski definition) is 7. The molecule has 3 aromatic rings. The molecule has 0 radical (unpaired) electrons. The molecule has 2 saturated heterocycles. The SMILES string of the molecule is Cc1c(C(=O)N2CCC([C@H](C)N3CCOCC3)CC2)cnn1-c1nccc(-c2cccs2)n1. The Morgan fingerprint density at radius 1 is 1.18 bits per heavy atom. The molecule has 0 aromatic carbocycles. The van der Waals surface area contributed by atoms with Crippen molar-refractivity contribution in [3.8, 4) is 16.5 Å². The highest BCUT2D eigenvalue weighted by atomic mass is 32.1. The van der Waals surface area contributed by atoms with Crippen molar-refractivity contribution >= 4 is 17.2 Å². The normalized spacial score (nSPS) is 19.0. The Labute approximate surface area is 198 Å². The predicted octanol–water partition coefficient (Wildman–Crippen LogP) is 3.27. The van der Waals surface area contributed by atoms with Gasteiger partial charge in [-0.3, -0.25) is 9.69 Å². The number of thiophene rings is 1. The Bertz CT molecular complexity index is 1080. The third kappa shape index (κ3) is 4.58. The molecule has 1 amide bonds. The maximum atomic E-state index is 13.3. The molecule has 2 aliphatic rings. The molecule has 0 spiro atoms. The molecule has 0 aliphatic carbocycles. The van der Waals surface area contributed by atoms with E-state index in [2.05, 4.69) is 26.9 Å². The third-order valence-corrected chi connectivity index (χ3v) is 7.87. The molecule has 9 heteroatoms. The highest BCUT2D eigenvalue weighted by molar-refractivity contribution is 7.13. The van der Waals surface area contributed by atoms with Crippen molar-refractivity contribution in [2.24, 2.45) is 5.92 Å². The van der Waals surface area contributed by atoms with Crippen LogP contribution in [0.15, 0.2) is 36.0 Å². The zero-order valence-electron chi connectivity index (χ0n) is 19.2. The molecule has 5 rings (SSSR count). The lowest BCUT2D eigenvalue weighted by molar-refractivity contribution is -0.000954. The largest absolute Gasteiger partial charge is 0.379 e. The first kappa shape index (κ1) is 22.2. The van der Waals surface area contributed by atoms with Crippen LogP contribution in [0.3, 0.4) is 0 Å². The number of morpholine rings is 1. The first-order valence-corrected chi connectivity index (χ1v) is 12.5. The van der Waals surface area contributed by atoms with Gasteiger partial charge in [-0.1, -0.05) is 6.07 Å². The molecule has 5 heterocycles. The van der Waals surface area contributed by atoms with Crippen molar-refractivity contribution < 1.29 is 9.53 Å². The van der Waals surface area contributed by atoms with E-state index in [-0.39, 0.29) is 5.91 Å². The van der Waals surface area contributed by atoms with Crippen LogP contribution in [0.2, 0.25) is 0 Å². The molecule has 2 fully saturated rings. The van der Waals surface area contributed by atoms with Gasteiger partial charge in [0.25, 0.3) is 11.9 Å². The number of amides is 1. The summed E-state index contributed by atoms with van der Waals surface area (Å²) in [6.45, 7) is 9.47. The minimum Gasteiger partial charge on any atom is -0.379 e. The minimum atomic E-state index is 0.0469. The summed E-state index contributed by atoms with van der Waals surface area (Å²) in [6.07, 6.45) is 5.45. The zero-order valence-corrected chi connectivity index (χ0v) is 20.0. The molecule has 0 saturated carbocycles. The van der Waals surface area contributed by atoms with E-state index >= 15 is 0 Å². The van der Waals surface area contributed by atoms with E-state index in [1.165, 1.54) is 0 Å². The zero-order chi connectivity index (χ0) is 22.8. The minimum absolute atomic E-state index is 0.0469. The second-order valence-electron chi connectivity index (χ2n) is 8.79. The number of rotatable bonds is 5. The molecular formula is C24H30N6O2S. The average molecular weight is 467 g/mol. The van der Waals surface area contributed by atoms with E-state index in [1.807, 2.05) is 35.4 Å². The maximum absolute atomic E-state index is 13.3. The standard InChI is InChI=1S/C24H30N6O2S/c1-17(28-11-13-32-14-12-28)19-6-9-29(10-7-19)23(31)20-16-26-30(18(20)2)24-25-8-5-21(27-24)22-4-3-15-33-22/h3-5,8,15-17,19H,6-7,9-14H2,1-2H3/t17-/m0/s1. The summed E-state index contributed by atoms with van der Waals surface area (Å²) in [5.41, 5.74) is 2.25. The van der Waals surface area contributed by atoms with Crippen LogP contribution in [-0.2, 0) is 4.74 Å². The van der Waals surface area contributed by atoms with Crippen LogP contribution in [0, 0.1) is 12.8 Å². The summed E-state index contributed by atoms with van der Waals surface area (Å²) in [5.74, 6) is 1.14. The second-order valence-corrected chi connectivity index (χ2v) is 9.74. The number of nitrogens with zero attached hydrogens (tertiary/aromatic N) is 6. The van der Waals surface area contributed by atoms with E-state index in [0.29, 0.717) is 23.5 Å². The Morgan fingerprint density at radius 2 is 1.97 bits per heavy atom. The van der Waals surface area contributed by atoms with Crippen LogP contribution in [0.25, 0.3) is 16.5 Å².